The second-order valence-corrected chi connectivity index (χ2v) is 7.36. The molecule has 11 nitrogen and oxygen atoms in total. The molecular weight excluding hydrogens is 428 g/mol. The summed E-state index contributed by atoms with van der Waals surface area (Å²) >= 11 is 0. The lowest BCUT2D eigenvalue weighted by molar-refractivity contribution is -0.277. The molecule has 2 aromatic carbocycles. The van der Waals surface area contributed by atoms with Gasteiger partial charge in [0.25, 0.3) is 0 Å². The quantitative estimate of drug-likeness (QED) is 0.247. The van der Waals surface area contributed by atoms with Gasteiger partial charge in [-0.05, 0) is 29.8 Å². The Bertz CT molecular complexity index is 944. The van der Waals surface area contributed by atoms with Crippen molar-refractivity contribution >= 4 is 5.78 Å². The molecule has 0 saturated carbocycles. The number of carbonyl (C=O) groups excluding carboxylic acids is 1. The molecule has 174 valence electrons. The highest BCUT2D eigenvalue weighted by molar-refractivity contribution is 6.00. The predicted octanol–water partition coefficient (Wildman–Crippen LogP) is -0.712. The van der Waals surface area contributed by atoms with E-state index in [1.54, 1.807) is 0 Å². The van der Waals surface area contributed by atoms with E-state index in [1.807, 2.05) is 0 Å². The summed E-state index contributed by atoms with van der Waals surface area (Å²) in [7, 11) is 0. The molecule has 32 heavy (non-hydrogen) atoms. The number of hydrogen-bond acceptors (Lipinski definition) is 11. The SMILES string of the molecule is O=C(CC(O)c1ccc(O)cc1)c1ccc(O)c(OC2OC(CO)C(O)C(O)C2O)c1O. The zero-order valence-electron chi connectivity index (χ0n) is 16.6. The number of phenols is 3. The Morgan fingerprint density at radius 1 is 0.969 bits per heavy atom. The van der Waals surface area contributed by atoms with E-state index in [0.29, 0.717) is 5.56 Å². The van der Waals surface area contributed by atoms with Gasteiger partial charge in [0, 0.05) is 6.42 Å². The maximum atomic E-state index is 12.6. The molecule has 1 saturated heterocycles. The van der Waals surface area contributed by atoms with Crippen molar-refractivity contribution in [2.45, 2.75) is 43.2 Å². The normalized spacial score (nSPS) is 26.5. The molecule has 2 aromatic rings. The molecule has 0 amide bonds. The minimum absolute atomic E-state index is 0.0153. The number of phenolic OH excluding ortho intramolecular Hbond substituents is 3. The number of Topliss-reactive ketones (excluding diaryl/α,β-unsaturated/α-hetero) is 1. The second-order valence-electron chi connectivity index (χ2n) is 7.36. The van der Waals surface area contributed by atoms with E-state index in [4.69, 9.17) is 9.47 Å². The highest BCUT2D eigenvalue weighted by atomic mass is 16.7. The maximum Gasteiger partial charge on any atom is 0.229 e. The molecule has 0 aliphatic carbocycles. The summed E-state index contributed by atoms with van der Waals surface area (Å²) in [6.45, 7) is -0.712. The van der Waals surface area contributed by atoms with Gasteiger partial charge in [0.15, 0.2) is 17.3 Å². The van der Waals surface area contributed by atoms with E-state index >= 15 is 0 Å². The van der Waals surface area contributed by atoms with Crippen molar-refractivity contribution < 1.29 is 55.1 Å². The highest BCUT2D eigenvalue weighted by Gasteiger charge is 2.45. The smallest absolute Gasteiger partial charge is 0.229 e. The van der Waals surface area contributed by atoms with Crippen LogP contribution < -0.4 is 4.74 Å². The number of aliphatic hydroxyl groups is 5. The highest BCUT2D eigenvalue weighted by Crippen LogP contribution is 2.41. The van der Waals surface area contributed by atoms with Gasteiger partial charge in [-0.2, -0.15) is 0 Å². The third kappa shape index (κ3) is 4.78. The van der Waals surface area contributed by atoms with Crippen molar-refractivity contribution in [3.05, 3.63) is 47.5 Å². The number of aliphatic hydroxyl groups excluding tert-OH is 5. The fraction of sp³-hybridized carbons (Fsp3) is 0.381. The lowest BCUT2D eigenvalue weighted by Gasteiger charge is -2.39. The zero-order chi connectivity index (χ0) is 23.6. The van der Waals surface area contributed by atoms with Crippen LogP contribution in [0.2, 0.25) is 0 Å². The van der Waals surface area contributed by atoms with Crippen LogP contribution in [0.4, 0.5) is 0 Å². The van der Waals surface area contributed by atoms with Gasteiger partial charge in [-0.1, -0.05) is 12.1 Å². The Morgan fingerprint density at radius 3 is 2.25 bits per heavy atom. The lowest BCUT2D eigenvalue weighted by Crippen LogP contribution is -2.60. The first-order valence-corrected chi connectivity index (χ1v) is 9.66. The van der Waals surface area contributed by atoms with E-state index in [-0.39, 0.29) is 11.3 Å². The van der Waals surface area contributed by atoms with Crippen molar-refractivity contribution in [1.82, 2.24) is 0 Å². The molecule has 1 fully saturated rings. The van der Waals surface area contributed by atoms with Gasteiger partial charge in [0.2, 0.25) is 12.0 Å². The minimum Gasteiger partial charge on any atom is -0.508 e. The number of benzene rings is 2. The van der Waals surface area contributed by atoms with Gasteiger partial charge < -0.3 is 50.3 Å². The third-order valence-corrected chi connectivity index (χ3v) is 5.15. The molecule has 3 rings (SSSR count). The molecule has 8 N–H and O–H groups in total. The van der Waals surface area contributed by atoms with Crippen LogP contribution in [0.3, 0.4) is 0 Å². The van der Waals surface area contributed by atoms with E-state index < -0.39 is 72.9 Å². The van der Waals surface area contributed by atoms with Gasteiger partial charge in [-0.3, -0.25) is 4.79 Å². The third-order valence-electron chi connectivity index (χ3n) is 5.15. The molecule has 0 bridgehead atoms. The van der Waals surface area contributed by atoms with Crippen molar-refractivity contribution in [2.24, 2.45) is 0 Å². The van der Waals surface area contributed by atoms with Crippen LogP contribution in [0.15, 0.2) is 36.4 Å². The van der Waals surface area contributed by atoms with E-state index in [1.165, 1.54) is 24.3 Å². The number of carbonyl (C=O) groups is 1. The summed E-state index contributed by atoms with van der Waals surface area (Å²) in [6.07, 6.45) is -9.86. The summed E-state index contributed by atoms with van der Waals surface area (Å²) in [5.74, 6) is -2.78. The van der Waals surface area contributed by atoms with Gasteiger partial charge in [0.05, 0.1) is 18.3 Å². The Labute approximate surface area is 182 Å². The maximum absolute atomic E-state index is 12.6. The Balaban J connectivity index is 1.80. The number of aromatic hydroxyl groups is 3. The van der Waals surface area contributed by atoms with Crippen molar-refractivity contribution in [3.8, 4) is 23.0 Å². The Kier molecular flexibility index (Phi) is 7.19. The lowest BCUT2D eigenvalue weighted by atomic mass is 9.98. The van der Waals surface area contributed by atoms with Crippen LogP contribution in [-0.2, 0) is 4.74 Å². The van der Waals surface area contributed by atoms with Crippen LogP contribution in [-0.4, -0.2) is 83.9 Å². The van der Waals surface area contributed by atoms with Crippen molar-refractivity contribution in [3.63, 3.8) is 0 Å². The Hall–Kier alpha value is -2.93. The van der Waals surface area contributed by atoms with Crippen LogP contribution in [0.5, 0.6) is 23.0 Å². The first kappa shape index (κ1) is 23.7. The number of hydrogen-bond donors (Lipinski definition) is 8. The molecule has 11 heteroatoms. The average molecular weight is 452 g/mol. The minimum atomic E-state index is -1.80. The van der Waals surface area contributed by atoms with Crippen molar-refractivity contribution in [2.75, 3.05) is 6.61 Å². The zero-order valence-corrected chi connectivity index (χ0v) is 16.6. The molecular formula is C21H24O11. The first-order chi connectivity index (χ1) is 15.1. The fourth-order valence-corrected chi connectivity index (χ4v) is 3.28. The van der Waals surface area contributed by atoms with E-state index in [2.05, 4.69) is 0 Å². The second kappa shape index (κ2) is 9.69. The van der Waals surface area contributed by atoms with Gasteiger partial charge in [0.1, 0.15) is 30.2 Å². The van der Waals surface area contributed by atoms with E-state index in [0.717, 1.165) is 12.1 Å². The molecule has 0 aromatic heterocycles. The molecule has 6 atom stereocenters. The summed E-state index contributed by atoms with van der Waals surface area (Å²) in [5, 5.41) is 79.2. The van der Waals surface area contributed by atoms with Gasteiger partial charge in [-0.15, -0.1) is 0 Å². The molecule has 1 heterocycles. The van der Waals surface area contributed by atoms with Crippen LogP contribution >= 0.6 is 0 Å². The Morgan fingerprint density at radius 2 is 1.62 bits per heavy atom. The van der Waals surface area contributed by atoms with Gasteiger partial charge >= 0.3 is 0 Å². The fourth-order valence-electron chi connectivity index (χ4n) is 3.28. The topological polar surface area (TPSA) is 197 Å². The molecule has 1 aliphatic heterocycles. The molecule has 1 aliphatic rings. The standard InChI is InChI=1S/C21H24O11/c22-8-15-17(28)18(29)19(30)21(31-15)32-20-12(24)6-5-11(16(20)27)14(26)7-13(25)9-1-3-10(23)4-2-9/h1-6,13,15,17-19,21-25,27-30H,7-8H2. The summed E-state index contributed by atoms with van der Waals surface area (Å²) in [6, 6.07) is 7.69. The summed E-state index contributed by atoms with van der Waals surface area (Å²) in [5.41, 5.74) is 0.0485. The number of ether oxygens (including phenoxy) is 2. The molecule has 0 spiro atoms. The van der Waals surface area contributed by atoms with Gasteiger partial charge in [-0.25, -0.2) is 0 Å². The number of ketones is 1. The molecule has 6 unspecified atom stereocenters. The first-order valence-electron chi connectivity index (χ1n) is 9.66. The van der Waals surface area contributed by atoms with Crippen LogP contribution in [0.1, 0.15) is 28.4 Å². The van der Waals surface area contributed by atoms with E-state index in [9.17, 15) is 45.6 Å². The summed E-state index contributed by atoms with van der Waals surface area (Å²) in [4.78, 5) is 12.6. The average Bonchev–Trinajstić information content (AvgIpc) is 2.76. The predicted molar refractivity (Wildman–Crippen MR) is 106 cm³/mol. The summed E-state index contributed by atoms with van der Waals surface area (Å²) < 4.78 is 10.5. The monoisotopic (exact) mass is 452 g/mol. The molecule has 0 radical (unpaired) electrons. The number of rotatable bonds is 7. The van der Waals surface area contributed by atoms with Crippen LogP contribution in [0, 0.1) is 0 Å². The largest absolute Gasteiger partial charge is 0.508 e. The van der Waals surface area contributed by atoms with Crippen LogP contribution in [0.25, 0.3) is 0 Å². The van der Waals surface area contributed by atoms with Crippen molar-refractivity contribution in [1.29, 1.82) is 0 Å².